The van der Waals surface area contributed by atoms with Crippen molar-refractivity contribution in [3.05, 3.63) is 232 Å². The zero-order chi connectivity index (χ0) is 36.7. The van der Waals surface area contributed by atoms with Gasteiger partial charge in [0.15, 0.2) is 0 Å². The zero-order valence-electron chi connectivity index (χ0n) is 30.9. The average molecular weight is 696 g/mol. The molecule has 1 nitrogen and oxygen atoms in total. The zero-order valence-corrected chi connectivity index (χ0v) is 30.9. The van der Waals surface area contributed by atoms with E-state index in [1.807, 2.05) is 30.3 Å². The molecular formula is C53H45N. The third-order valence-corrected chi connectivity index (χ3v) is 10.9. The van der Waals surface area contributed by atoms with E-state index in [1.54, 1.807) is 11.1 Å². The predicted octanol–water partition coefficient (Wildman–Crippen LogP) is 13.6. The van der Waals surface area contributed by atoms with Crippen LogP contribution in [0.4, 0.5) is 0 Å². The molecule has 1 heteroatoms. The fraction of sp³-hybridized carbons (Fsp3) is 0.113. The second-order valence-electron chi connectivity index (χ2n) is 14.5. The molecule has 0 fully saturated rings. The first-order chi connectivity index (χ1) is 26.6. The van der Waals surface area contributed by atoms with Gasteiger partial charge in [-0.15, -0.1) is 0 Å². The number of benzene rings is 7. The van der Waals surface area contributed by atoms with Gasteiger partial charge in [-0.2, -0.15) is 0 Å². The fourth-order valence-corrected chi connectivity index (χ4v) is 8.00. The molecule has 0 spiro atoms. The monoisotopic (exact) mass is 695 g/mol. The first-order valence-electron chi connectivity index (χ1n) is 19.1. The molecule has 0 aliphatic heterocycles. The van der Waals surface area contributed by atoms with Crippen LogP contribution >= 0.6 is 0 Å². The first kappa shape index (κ1) is 34.8. The van der Waals surface area contributed by atoms with E-state index in [0.717, 1.165) is 24.8 Å². The smallest absolute Gasteiger partial charge is 0.0250 e. The normalized spacial score (nSPS) is 13.2. The number of hydrogen-bond acceptors (Lipinski definition) is 1. The molecule has 0 bridgehead atoms. The van der Waals surface area contributed by atoms with E-state index in [2.05, 4.69) is 159 Å². The van der Waals surface area contributed by atoms with Crippen LogP contribution in [-0.2, 0) is 19.3 Å². The number of allylic oxidation sites excluding steroid dienone is 4. The van der Waals surface area contributed by atoms with Crippen molar-refractivity contribution >= 4 is 11.8 Å². The van der Waals surface area contributed by atoms with Gasteiger partial charge in [0, 0.05) is 6.21 Å². The Morgan fingerprint density at radius 1 is 0.481 bits per heavy atom. The molecule has 3 aliphatic carbocycles. The van der Waals surface area contributed by atoms with Crippen LogP contribution in [0.5, 0.6) is 0 Å². The Bertz CT molecular complexity index is 2460. The van der Waals surface area contributed by atoms with Crippen LogP contribution in [0.15, 0.2) is 193 Å². The van der Waals surface area contributed by atoms with Gasteiger partial charge in [0.2, 0.25) is 0 Å². The van der Waals surface area contributed by atoms with Crippen molar-refractivity contribution in [1.82, 2.24) is 0 Å². The summed E-state index contributed by atoms with van der Waals surface area (Å²) in [5, 5.41) is 6.82. The van der Waals surface area contributed by atoms with Crippen molar-refractivity contribution in [3.8, 4) is 33.4 Å². The van der Waals surface area contributed by atoms with Crippen LogP contribution in [0, 0.1) is 5.41 Å². The number of hydrogen-bond donors (Lipinski definition) is 1. The van der Waals surface area contributed by atoms with Gasteiger partial charge < -0.3 is 5.41 Å². The molecule has 7 aromatic rings. The molecule has 0 atom stereocenters. The van der Waals surface area contributed by atoms with Crippen LogP contribution in [0.1, 0.15) is 58.7 Å². The van der Waals surface area contributed by atoms with Crippen molar-refractivity contribution in [2.24, 2.45) is 0 Å². The van der Waals surface area contributed by atoms with Crippen molar-refractivity contribution in [1.29, 1.82) is 5.41 Å². The lowest BCUT2D eigenvalue weighted by Gasteiger charge is -2.13. The Morgan fingerprint density at radius 3 is 1.81 bits per heavy atom. The molecule has 0 heterocycles. The minimum atomic E-state index is 0.945. The SMILES string of the molecule is CC1=C2Cc3ccccc3C2=CCC1.N=Cc1ccccc1.c1ccc(-c2cccc(Cc3ccc(-c4ccc5c(c4)Cc4ccccc4-5)cc3)c2)cc1. The molecule has 54 heavy (non-hydrogen) atoms. The Balaban J connectivity index is 0.000000153. The van der Waals surface area contributed by atoms with Gasteiger partial charge >= 0.3 is 0 Å². The van der Waals surface area contributed by atoms with E-state index in [1.165, 1.54) is 91.4 Å². The number of fused-ring (bicyclic) bond motifs is 6. The average Bonchev–Trinajstić information content (AvgIpc) is 3.81. The van der Waals surface area contributed by atoms with Crippen LogP contribution in [0.25, 0.3) is 39.0 Å². The Kier molecular flexibility index (Phi) is 10.4. The maximum atomic E-state index is 6.82. The Hall–Kier alpha value is -6.31. The third kappa shape index (κ3) is 7.72. The minimum Gasteiger partial charge on any atom is -0.308 e. The quantitative estimate of drug-likeness (QED) is 0.173. The summed E-state index contributed by atoms with van der Waals surface area (Å²) in [5.74, 6) is 0. The van der Waals surface area contributed by atoms with Gasteiger partial charge in [-0.05, 0) is 122 Å². The Morgan fingerprint density at radius 2 is 1.07 bits per heavy atom. The minimum absolute atomic E-state index is 0.945. The highest BCUT2D eigenvalue weighted by Gasteiger charge is 2.24. The predicted molar refractivity (Wildman–Crippen MR) is 229 cm³/mol. The number of rotatable bonds is 5. The summed E-state index contributed by atoms with van der Waals surface area (Å²) in [6, 6.07) is 62.6. The van der Waals surface area contributed by atoms with E-state index in [9.17, 15) is 0 Å². The van der Waals surface area contributed by atoms with E-state index in [-0.39, 0.29) is 0 Å². The van der Waals surface area contributed by atoms with Crippen molar-refractivity contribution < 1.29 is 0 Å². The van der Waals surface area contributed by atoms with Crippen LogP contribution in [-0.4, -0.2) is 6.21 Å². The summed E-state index contributed by atoms with van der Waals surface area (Å²) in [5.41, 5.74) is 22.1. The lowest BCUT2D eigenvalue weighted by atomic mass is 9.92. The van der Waals surface area contributed by atoms with E-state index >= 15 is 0 Å². The maximum absolute atomic E-state index is 6.82. The molecule has 0 aromatic heterocycles. The molecule has 0 unspecified atom stereocenters. The highest BCUT2D eigenvalue weighted by atomic mass is 14.3. The molecule has 0 saturated carbocycles. The molecule has 10 rings (SSSR count). The van der Waals surface area contributed by atoms with E-state index in [4.69, 9.17) is 5.41 Å². The van der Waals surface area contributed by atoms with Crippen LogP contribution in [0.3, 0.4) is 0 Å². The van der Waals surface area contributed by atoms with E-state index in [0.29, 0.717) is 0 Å². The third-order valence-electron chi connectivity index (χ3n) is 10.9. The number of nitrogens with one attached hydrogen (secondary N) is 1. The van der Waals surface area contributed by atoms with Gasteiger partial charge in [0.1, 0.15) is 0 Å². The second kappa shape index (κ2) is 16.1. The summed E-state index contributed by atoms with van der Waals surface area (Å²) in [4.78, 5) is 0. The second-order valence-corrected chi connectivity index (χ2v) is 14.5. The van der Waals surface area contributed by atoms with Gasteiger partial charge in [-0.25, -0.2) is 0 Å². The summed E-state index contributed by atoms with van der Waals surface area (Å²) < 4.78 is 0. The van der Waals surface area contributed by atoms with Crippen LogP contribution in [0.2, 0.25) is 0 Å². The molecule has 0 radical (unpaired) electrons. The topological polar surface area (TPSA) is 23.9 Å². The lowest BCUT2D eigenvalue weighted by Crippen LogP contribution is -1.93. The summed E-state index contributed by atoms with van der Waals surface area (Å²) in [6.07, 6.45) is 9.36. The summed E-state index contributed by atoms with van der Waals surface area (Å²) in [7, 11) is 0. The fourth-order valence-electron chi connectivity index (χ4n) is 8.00. The molecular weight excluding hydrogens is 651 g/mol. The van der Waals surface area contributed by atoms with Gasteiger partial charge in [0.05, 0.1) is 0 Å². The summed E-state index contributed by atoms with van der Waals surface area (Å²) >= 11 is 0. The molecule has 7 aromatic carbocycles. The van der Waals surface area contributed by atoms with Crippen molar-refractivity contribution in [3.63, 3.8) is 0 Å². The van der Waals surface area contributed by atoms with Gasteiger partial charge in [-0.1, -0.05) is 188 Å². The molecule has 0 saturated heterocycles. The molecule has 262 valence electrons. The lowest BCUT2D eigenvalue weighted by molar-refractivity contribution is 0.939. The van der Waals surface area contributed by atoms with Crippen molar-refractivity contribution in [2.45, 2.75) is 39.0 Å². The largest absolute Gasteiger partial charge is 0.308 e. The van der Waals surface area contributed by atoms with Crippen LogP contribution < -0.4 is 0 Å². The molecule has 0 amide bonds. The highest BCUT2D eigenvalue weighted by Crippen LogP contribution is 2.42. The van der Waals surface area contributed by atoms with Gasteiger partial charge in [-0.3, -0.25) is 0 Å². The maximum Gasteiger partial charge on any atom is 0.0250 e. The van der Waals surface area contributed by atoms with Crippen molar-refractivity contribution in [2.75, 3.05) is 0 Å². The van der Waals surface area contributed by atoms with Gasteiger partial charge in [0.25, 0.3) is 0 Å². The Labute approximate surface area is 320 Å². The molecule has 3 aliphatic rings. The molecule has 1 N–H and O–H groups in total. The standard InChI is InChI=1S/C32H24.C14H14.C7H7N/c1-2-8-25(9-3-1)27-11-6-7-24(20-27)19-23-13-15-26(16-14-23)28-17-18-32-30(21-28)22-29-10-4-5-12-31(29)32;1-10-5-4-8-13-12-7-3-2-6-11(12)9-14(10)13;8-6-7-4-2-1-3-5-7/h1-18,20-21H,19,22H2;2-3,6-8H,4-5,9H2,1H3;1-6,8H. The summed E-state index contributed by atoms with van der Waals surface area (Å²) in [6.45, 7) is 2.29. The van der Waals surface area contributed by atoms with E-state index < -0.39 is 0 Å². The highest BCUT2D eigenvalue weighted by molar-refractivity contribution is 5.87. The first-order valence-corrected chi connectivity index (χ1v) is 19.1.